The van der Waals surface area contributed by atoms with Crippen LogP contribution in [0, 0.1) is 0 Å². The number of amides is 2. The van der Waals surface area contributed by atoms with Crippen molar-refractivity contribution in [1.82, 2.24) is 10.3 Å². The van der Waals surface area contributed by atoms with E-state index in [4.69, 9.17) is 9.47 Å². The smallest absolute Gasteiger partial charge is 0.315 e. The first-order valence-corrected chi connectivity index (χ1v) is 9.06. The molecule has 2 aromatic carbocycles. The van der Waals surface area contributed by atoms with Crippen molar-refractivity contribution in [2.45, 2.75) is 6.54 Å². The summed E-state index contributed by atoms with van der Waals surface area (Å²) in [6.45, 7) is 0.391. The number of hydrogen-bond donors (Lipinski definition) is 2. The predicted octanol–water partition coefficient (Wildman–Crippen LogP) is 2.79. The highest BCUT2D eigenvalue weighted by molar-refractivity contribution is 7.14. The molecule has 2 amide bonds. The lowest BCUT2D eigenvalue weighted by atomic mass is 10.2. The number of thiazole rings is 1. The number of rotatable bonds is 4. The number of benzene rings is 2. The van der Waals surface area contributed by atoms with Crippen LogP contribution in [0.3, 0.4) is 0 Å². The number of aromatic nitrogens is 1. The van der Waals surface area contributed by atoms with Gasteiger partial charge in [-0.05, 0) is 17.7 Å². The zero-order valence-electron chi connectivity index (χ0n) is 14.1. The standard InChI is InChI=1S/C19H15N3O4S/c23-17(20-9-12-6-7-15-16(8-12)26-11-25-15)18(24)22-19-21-14(10-27-19)13-4-2-1-3-5-13/h1-8,10H,9,11H2,(H,20,23)(H,21,22,24). The van der Waals surface area contributed by atoms with E-state index in [2.05, 4.69) is 15.6 Å². The number of nitrogens with one attached hydrogen (secondary N) is 2. The Morgan fingerprint density at radius 3 is 2.70 bits per heavy atom. The van der Waals surface area contributed by atoms with Gasteiger partial charge in [-0.25, -0.2) is 4.98 Å². The summed E-state index contributed by atoms with van der Waals surface area (Å²) in [5.74, 6) is -0.197. The fourth-order valence-electron chi connectivity index (χ4n) is 2.54. The monoisotopic (exact) mass is 381 g/mol. The van der Waals surface area contributed by atoms with Crippen molar-refractivity contribution < 1.29 is 19.1 Å². The minimum atomic E-state index is -0.760. The van der Waals surface area contributed by atoms with Crippen LogP contribution in [0.2, 0.25) is 0 Å². The summed E-state index contributed by atoms with van der Waals surface area (Å²) in [6, 6.07) is 14.9. The number of carbonyl (C=O) groups excluding carboxylic acids is 2. The van der Waals surface area contributed by atoms with Gasteiger partial charge >= 0.3 is 11.8 Å². The molecule has 0 aliphatic carbocycles. The van der Waals surface area contributed by atoms with Gasteiger partial charge < -0.3 is 14.8 Å². The Balaban J connectivity index is 1.33. The van der Waals surface area contributed by atoms with Gasteiger partial charge in [-0.15, -0.1) is 11.3 Å². The molecule has 2 heterocycles. The first-order chi connectivity index (χ1) is 13.2. The average Bonchev–Trinajstić information content (AvgIpc) is 3.35. The molecule has 0 radical (unpaired) electrons. The third-order valence-electron chi connectivity index (χ3n) is 3.89. The summed E-state index contributed by atoms with van der Waals surface area (Å²) in [4.78, 5) is 28.4. The molecule has 2 N–H and O–H groups in total. The van der Waals surface area contributed by atoms with Crippen LogP contribution in [0.4, 0.5) is 5.13 Å². The molecule has 0 saturated heterocycles. The summed E-state index contributed by atoms with van der Waals surface area (Å²) in [7, 11) is 0. The van der Waals surface area contributed by atoms with E-state index < -0.39 is 11.8 Å². The second-order valence-electron chi connectivity index (χ2n) is 5.73. The predicted molar refractivity (Wildman–Crippen MR) is 101 cm³/mol. The van der Waals surface area contributed by atoms with Crippen LogP contribution >= 0.6 is 11.3 Å². The van der Waals surface area contributed by atoms with Crippen LogP contribution in [-0.2, 0) is 16.1 Å². The van der Waals surface area contributed by atoms with E-state index in [1.54, 1.807) is 18.2 Å². The van der Waals surface area contributed by atoms with Gasteiger partial charge in [-0.2, -0.15) is 0 Å². The molecule has 136 valence electrons. The molecule has 8 heteroatoms. The minimum Gasteiger partial charge on any atom is -0.454 e. The van der Waals surface area contributed by atoms with Crippen LogP contribution in [0.5, 0.6) is 11.5 Å². The number of carbonyl (C=O) groups is 2. The van der Waals surface area contributed by atoms with E-state index in [1.807, 2.05) is 35.7 Å². The largest absolute Gasteiger partial charge is 0.454 e. The average molecular weight is 381 g/mol. The molecule has 1 aromatic heterocycles. The number of anilines is 1. The highest BCUT2D eigenvalue weighted by Crippen LogP contribution is 2.32. The van der Waals surface area contributed by atoms with Crippen molar-refractivity contribution in [2.24, 2.45) is 0 Å². The van der Waals surface area contributed by atoms with Gasteiger partial charge in [-0.1, -0.05) is 36.4 Å². The fourth-order valence-corrected chi connectivity index (χ4v) is 3.25. The molecule has 0 spiro atoms. The molecular weight excluding hydrogens is 366 g/mol. The Bertz CT molecular complexity index is 988. The van der Waals surface area contributed by atoms with Crippen molar-refractivity contribution in [2.75, 3.05) is 12.1 Å². The second kappa shape index (κ2) is 7.46. The topological polar surface area (TPSA) is 89.5 Å². The molecule has 27 heavy (non-hydrogen) atoms. The first kappa shape index (κ1) is 17.0. The van der Waals surface area contributed by atoms with Crippen LogP contribution in [-0.4, -0.2) is 23.6 Å². The number of hydrogen-bond acceptors (Lipinski definition) is 6. The summed E-state index contributed by atoms with van der Waals surface area (Å²) < 4.78 is 10.5. The van der Waals surface area contributed by atoms with E-state index >= 15 is 0 Å². The highest BCUT2D eigenvalue weighted by atomic mass is 32.1. The van der Waals surface area contributed by atoms with Crippen LogP contribution in [0.1, 0.15) is 5.56 Å². The Hall–Kier alpha value is -3.39. The van der Waals surface area contributed by atoms with E-state index in [0.29, 0.717) is 16.6 Å². The van der Waals surface area contributed by atoms with E-state index in [1.165, 1.54) is 11.3 Å². The molecular formula is C19H15N3O4S. The van der Waals surface area contributed by atoms with E-state index in [9.17, 15) is 9.59 Å². The molecule has 1 aliphatic heterocycles. The molecule has 3 aromatic rings. The van der Waals surface area contributed by atoms with Crippen molar-refractivity contribution in [1.29, 1.82) is 0 Å². The van der Waals surface area contributed by atoms with Crippen LogP contribution in [0.25, 0.3) is 11.3 Å². The Kier molecular flexibility index (Phi) is 4.71. The van der Waals surface area contributed by atoms with Crippen molar-refractivity contribution in [3.63, 3.8) is 0 Å². The zero-order chi connectivity index (χ0) is 18.6. The third-order valence-corrected chi connectivity index (χ3v) is 4.65. The maximum Gasteiger partial charge on any atom is 0.315 e. The Morgan fingerprint density at radius 2 is 1.85 bits per heavy atom. The first-order valence-electron chi connectivity index (χ1n) is 8.18. The van der Waals surface area contributed by atoms with Gasteiger partial charge in [0.2, 0.25) is 6.79 Å². The molecule has 0 fully saturated rings. The summed E-state index contributed by atoms with van der Waals surface area (Å²) in [5.41, 5.74) is 2.50. The van der Waals surface area contributed by atoms with Gasteiger partial charge in [0.15, 0.2) is 16.6 Å². The highest BCUT2D eigenvalue weighted by Gasteiger charge is 2.17. The van der Waals surface area contributed by atoms with Gasteiger partial charge in [0.05, 0.1) is 5.69 Å². The normalized spacial score (nSPS) is 11.9. The number of nitrogens with zero attached hydrogens (tertiary/aromatic N) is 1. The van der Waals surface area contributed by atoms with E-state index in [0.717, 1.165) is 16.8 Å². The van der Waals surface area contributed by atoms with Crippen LogP contribution < -0.4 is 20.1 Å². The van der Waals surface area contributed by atoms with Gasteiger partial charge in [0.1, 0.15) is 0 Å². The molecule has 4 rings (SSSR count). The summed E-state index contributed by atoms with van der Waals surface area (Å²) >= 11 is 1.26. The lowest BCUT2D eigenvalue weighted by molar-refractivity contribution is -0.136. The quantitative estimate of drug-likeness (QED) is 0.679. The molecule has 0 atom stereocenters. The van der Waals surface area contributed by atoms with E-state index in [-0.39, 0.29) is 13.3 Å². The molecule has 0 saturated carbocycles. The second-order valence-corrected chi connectivity index (χ2v) is 6.59. The lowest BCUT2D eigenvalue weighted by Gasteiger charge is -2.06. The maximum atomic E-state index is 12.1. The molecule has 0 unspecified atom stereocenters. The fraction of sp³-hybridized carbons (Fsp3) is 0.105. The van der Waals surface area contributed by atoms with Gasteiger partial charge in [0.25, 0.3) is 0 Å². The molecule has 1 aliphatic rings. The molecule has 0 bridgehead atoms. The number of ether oxygens (including phenoxy) is 2. The maximum absolute atomic E-state index is 12.1. The van der Waals surface area contributed by atoms with Gasteiger partial charge in [0, 0.05) is 17.5 Å². The number of fused-ring (bicyclic) bond motifs is 1. The molecule has 7 nitrogen and oxygen atoms in total. The van der Waals surface area contributed by atoms with Crippen molar-refractivity contribution in [3.8, 4) is 22.8 Å². The summed E-state index contributed by atoms with van der Waals surface area (Å²) in [5, 5.41) is 7.30. The van der Waals surface area contributed by atoms with Gasteiger partial charge in [-0.3, -0.25) is 14.9 Å². The summed E-state index contributed by atoms with van der Waals surface area (Å²) in [6.07, 6.45) is 0. The van der Waals surface area contributed by atoms with Crippen molar-refractivity contribution in [3.05, 3.63) is 59.5 Å². The van der Waals surface area contributed by atoms with Crippen molar-refractivity contribution >= 4 is 28.3 Å². The minimum absolute atomic E-state index is 0.187. The Labute approximate surface area is 159 Å². The SMILES string of the molecule is O=C(NCc1ccc2c(c1)OCO2)C(=O)Nc1nc(-c2ccccc2)cs1. The lowest BCUT2D eigenvalue weighted by Crippen LogP contribution is -2.34. The Morgan fingerprint density at radius 1 is 1.04 bits per heavy atom. The third kappa shape index (κ3) is 3.90. The zero-order valence-corrected chi connectivity index (χ0v) is 14.9. The van der Waals surface area contributed by atoms with Crippen LogP contribution in [0.15, 0.2) is 53.9 Å².